The number of carbonyl (C=O) groups excluding carboxylic acids is 2. The minimum Gasteiger partial charge on any atom is -0.489 e. The fourth-order valence-corrected chi connectivity index (χ4v) is 6.90. The number of fused-ring (bicyclic) bond motifs is 1. The van der Waals surface area contributed by atoms with Crippen molar-refractivity contribution in [2.24, 2.45) is 5.92 Å². The molecule has 242 valence electrons. The lowest BCUT2D eigenvalue weighted by atomic mass is 9.90. The van der Waals surface area contributed by atoms with Gasteiger partial charge in [-0.3, -0.25) is 14.4 Å². The number of benzene rings is 4. The first-order valence-electron chi connectivity index (χ1n) is 16.3. The Hall–Kier alpha value is -4.62. The van der Waals surface area contributed by atoms with Gasteiger partial charge >= 0.3 is 5.97 Å². The number of hydrogen-bond acceptors (Lipinski definition) is 4. The maximum atomic E-state index is 14.3. The summed E-state index contributed by atoms with van der Waals surface area (Å²) < 4.78 is 6.12. The van der Waals surface area contributed by atoms with Crippen LogP contribution in [0.25, 0.3) is 11.1 Å². The van der Waals surface area contributed by atoms with Crippen molar-refractivity contribution in [3.63, 3.8) is 0 Å². The number of nitrogens with zero attached hydrogens (tertiary/aromatic N) is 1. The average molecular weight is 651 g/mol. The molecule has 2 N–H and O–H groups in total. The number of carboxylic acid groups (broad SMARTS) is 1. The van der Waals surface area contributed by atoms with Crippen LogP contribution in [0.2, 0.25) is 5.02 Å². The molecule has 0 spiro atoms. The number of nitrogens with one attached hydrogen (secondary N) is 1. The van der Waals surface area contributed by atoms with Crippen LogP contribution >= 0.6 is 11.6 Å². The van der Waals surface area contributed by atoms with Crippen molar-refractivity contribution in [1.29, 1.82) is 0 Å². The molecule has 4 aromatic carbocycles. The van der Waals surface area contributed by atoms with Crippen LogP contribution in [-0.2, 0) is 27.4 Å². The molecule has 2 unspecified atom stereocenters. The first-order valence-corrected chi connectivity index (χ1v) is 16.7. The molecule has 1 aliphatic heterocycles. The molecule has 0 radical (unpaired) electrons. The van der Waals surface area contributed by atoms with Gasteiger partial charge in [-0.15, -0.1) is 0 Å². The fourth-order valence-electron chi connectivity index (χ4n) is 6.78. The van der Waals surface area contributed by atoms with E-state index in [0.29, 0.717) is 53.8 Å². The zero-order chi connectivity index (χ0) is 32.8. The molecular weight excluding hydrogens is 612 g/mol. The number of ether oxygens (including phenoxy) is 1. The SMILES string of the molecule is O=C(O)CC(NC(=O)C1c2cc(OCc3ccc(Cl)cc3)ccc2CCN1C(=O)CC1CCCC1)c1ccc(-c2ccccc2)cc1. The van der Waals surface area contributed by atoms with E-state index in [1.807, 2.05) is 97.1 Å². The molecule has 47 heavy (non-hydrogen) atoms. The molecular formula is C39H39ClN2O5. The van der Waals surface area contributed by atoms with Gasteiger partial charge < -0.3 is 20.1 Å². The van der Waals surface area contributed by atoms with E-state index >= 15 is 0 Å². The molecule has 8 heteroatoms. The van der Waals surface area contributed by atoms with Crippen LogP contribution in [-0.4, -0.2) is 34.3 Å². The molecule has 1 saturated carbocycles. The van der Waals surface area contributed by atoms with E-state index in [-0.39, 0.29) is 12.3 Å². The highest BCUT2D eigenvalue weighted by Crippen LogP contribution is 2.36. The summed E-state index contributed by atoms with van der Waals surface area (Å²) >= 11 is 6.04. The number of rotatable bonds is 11. The normalized spacial score (nSPS) is 16.7. The molecule has 2 amide bonds. The summed E-state index contributed by atoms with van der Waals surface area (Å²) in [6.07, 6.45) is 5.02. The third-order valence-electron chi connectivity index (χ3n) is 9.29. The first kappa shape index (κ1) is 32.3. The summed E-state index contributed by atoms with van der Waals surface area (Å²) in [4.78, 5) is 41.9. The van der Waals surface area contributed by atoms with Gasteiger partial charge in [-0.2, -0.15) is 0 Å². The highest BCUT2D eigenvalue weighted by Gasteiger charge is 2.38. The van der Waals surface area contributed by atoms with Crippen LogP contribution in [0.4, 0.5) is 0 Å². The quantitative estimate of drug-likeness (QED) is 0.172. The largest absolute Gasteiger partial charge is 0.489 e. The third-order valence-corrected chi connectivity index (χ3v) is 9.54. The summed E-state index contributed by atoms with van der Waals surface area (Å²) in [6, 6.07) is 28.9. The standard InChI is InChI=1S/C39H39ClN2O5/c40-32-17-10-27(11-18-32)25-47-33-19-16-30-20-21-42(36(43)22-26-6-4-5-7-26)38(34(30)23-33)39(46)41-35(24-37(44)45)31-14-12-29(13-15-31)28-8-2-1-3-9-28/h1-3,8-19,23,26,35,38H,4-7,20-22,24-25H2,(H,41,46)(H,44,45). The summed E-state index contributed by atoms with van der Waals surface area (Å²) in [7, 11) is 0. The second-order valence-corrected chi connectivity index (χ2v) is 13.0. The molecule has 7 nitrogen and oxygen atoms in total. The highest BCUT2D eigenvalue weighted by atomic mass is 35.5. The van der Waals surface area contributed by atoms with Crippen LogP contribution in [0.1, 0.15) is 72.9 Å². The molecule has 4 aromatic rings. The van der Waals surface area contributed by atoms with E-state index < -0.39 is 24.0 Å². The first-order chi connectivity index (χ1) is 22.8. The molecule has 1 aliphatic carbocycles. The van der Waals surface area contributed by atoms with Crippen molar-refractivity contribution in [2.45, 2.75) is 63.6 Å². The van der Waals surface area contributed by atoms with Crippen molar-refractivity contribution in [1.82, 2.24) is 10.2 Å². The van der Waals surface area contributed by atoms with E-state index in [9.17, 15) is 19.5 Å². The van der Waals surface area contributed by atoms with Gasteiger partial charge in [0.25, 0.3) is 0 Å². The van der Waals surface area contributed by atoms with Crippen LogP contribution < -0.4 is 10.1 Å². The van der Waals surface area contributed by atoms with Crippen molar-refractivity contribution in [3.05, 3.63) is 124 Å². The number of hydrogen-bond donors (Lipinski definition) is 2. The smallest absolute Gasteiger partial charge is 0.305 e. The maximum Gasteiger partial charge on any atom is 0.305 e. The van der Waals surface area contributed by atoms with Gasteiger partial charge in [0.05, 0.1) is 12.5 Å². The third kappa shape index (κ3) is 8.03. The monoisotopic (exact) mass is 650 g/mol. The topological polar surface area (TPSA) is 95.9 Å². The minimum atomic E-state index is -1.03. The van der Waals surface area contributed by atoms with Gasteiger partial charge in [0, 0.05) is 18.0 Å². The Labute approximate surface area is 280 Å². The maximum absolute atomic E-state index is 14.3. The van der Waals surface area contributed by atoms with Crippen molar-refractivity contribution < 1.29 is 24.2 Å². The van der Waals surface area contributed by atoms with E-state index in [2.05, 4.69) is 5.32 Å². The van der Waals surface area contributed by atoms with Crippen molar-refractivity contribution in [2.75, 3.05) is 6.54 Å². The molecule has 2 aliphatic rings. The van der Waals surface area contributed by atoms with Crippen LogP contribution in [0, 0.1) is 5.92 Å². The summed E-state index contributed by atoms with van der Waals surface area (Å²) in [6.45, 7) is 0.730. The van der Waals surface area contributed by atoms with E-state index in [0.717, 1.165) is 47.9 Å². The van der Waals surface area contributed by atoms with Gasteiger partial charge in [-0.05, 0) is 82.8 Å². The molecule has 6 rings (SSSR count). The zero-order valence-electron chi connectivity index (χ0n) is 26.2. The zero-order valence-corrected chi connectivity index (χ0v) is 27.0. The van der Waals surface area contributed by atoms with Crippen LogP contribution in [0.3, 0.4) is 0 Å². The van der Waals surface area contributed by atoms with E-state index in [1.54, 1.807) is 4.90 Å². The number of carbonyl (C=O) groups is 3. The summed E-state index contributed by atoms with van der Waals surface area (Å²) in [5.74, 6) is -0.570. The van der Waals surface area contributed by atoms with Crippen LogP contribution in [0.15, 0.2) is 97.1 Å². The van der Waals surface area contributed by atoms with E-state index in [1.165, 1.54) is 0 Å². The highest BCUT2D eigenvalue weighted by molar-refractivity contribution is 6.30. The second kappa shape index (κ2) is 14.9. The Morgan fingerprint density at radius 1 is 0.894 bits per heavy atom. The number of amides is 2. The number of halogens is 1. The van der Waals surface area contributed by atoms with Gasteiger partial charge in [-0.1, -0.05) is 97.2 Å². The van der Waals surface area contributed by atoms with Gasteiger partial charge in [-0.25, -0.2) is 0 Å². The van der Waals surface area contributed by atoms with Crippen molar-refractivity contribution >= 4 is 29.4 Å². The van der Waals surface area contributed by atoms with Gasteiger partial charge in [0.1, 0.15) is 18.4 Å². The van der Waals surface area contributed by atoms with Crippen LogP contribution in [0.5, 0.6) is 5.75 Å². The molecule has 0 aromatic heterocycles. The second-order valence-electron chi connectivity index (χ2n) is 12.5. The fraction of sp³-hybridized carbons (Fsp3) is 0.308. The van der Waals surface area contributed by atoms with E-state index in [4.69, 9.17) is 16.3 Å². The molecule has 2 atom stereocenters. The predicted molar refractivity (Wildman–Crippen MR) is 182 cm³/mol. The molecule has 1 fully saturated rings. The number of carboxylic acids is 1. The lowest BCUT2D eigenvalue weighted by Gasteiger charge is -2.38. The Bertz CT molecular complexity index is 1700. The van der Waals surface area contributed by atoms with Gasteiger partial charge in [0.15, 0.2) is 0 Å². The summed E-state index contributed by atoms with van der Waals surface area (Å²) in [5, 5.41) is 13.5. The molecule has 0 bridgehead atoms. The lowest BCUT2D eigenvalue weighted by Crippen LogP contribution is -2.48. The Balaban J connectivity index is 1.28. The Kier molecular flexibility index (Phi) is 10.2. The average Bonchev–Trinajstić information content (AvgIpc) is 3.60. The Morgan fingerprint density at radius 2 is 1.60 bits per heavy atom. The van der Waals surface area contributed by atoms with Crippen molar-refractivity contribution in [3.8, 4) is 16.9 Å². The lowest BCUT2D eigenvalue weighted by molar-refractivity contribution is -0.143. The molecule has 1 heterocycles. The summed E-state index contributed by atoms with van der Waals surface area (Å²) in [5.41, 5.74) is 5.34. The Morgan fingerprint density at radius 3 is 2.30 bits per heavy atom. The van der Waals surface area contributed by atoms with Gasteiger partial charge in [0.2, 0.25) is 11.8 Å². The molecule has 0 saturated heterocycles. The predicted octanol–water partition coefficient (Wildman–Crippen LogP) is 7.92. The number of aliphatic carboxylic acids is 1. The minimum absolute atomic E-state index is 0.0443.